The molecule has 0 heterocycles. The van der Waals surface area contributed by atoms with Gasteiger partial charge < -0.3 is 16.4 Å². The van der Waals surface area contributed by atoms with E-state index in [0.29, 0.717) is 12.5 Å². The lowest BCUT2D eigenvalue weighted by atomic mass is 9.95. The highest BCUT2D eigenvalue weighted by molar-refractivity contribution is 5.85. The van der Waals surface area contributed by atoms with Gasteiger partial charge in [0.2, 0.25) is 11.8 Å². The van der Waals surface area contributed by atoms with E-state index in [4.69, 9.17) is 11.5 Å². The number of primary amides is 1. The first-order valence-corrected chi connectivity index (χ1v) is 7.24. The fourth-order valence-corrected chi connectivity index (χ4v) is 2.87. The van der Waals surface area contributed by atoms with Gasteiger partial charge in [0, 0.05) is 12.6 Å². The van der Waals surface area contributed by atoms with Crippen LogP contribution in [0, 0.1) is 11.8 Å². The molecule has 5 heteroatoms. The second-order valence-corrected chi connectivity index (χ2v) is 5.93. The van der Waals surface area contributed by atoms with Crippen molar-refractivity contribution in [2.75, 3.05) is 13.1 Å². The minimum atomic E-state index is -0.444. The predicted molar refractivity (Wildman–Crippen MR) is 75.2 cm³/mol. The van der Waals surface area contributed by atoms with Crippen LogP contribution in [0.25, 0.3) is 0 Å². The number of hydrogen-bond acceptors (Lipinski definition) is 3. The van der Waals surface area contributed by atoms with Crippen LogP contribution in [-0.4, -0.2) is 35.8 Å². The molecule has 5 nitrogen and oxygen atoms in total. The molecule has 1 fully saturated rings. The van der Waals surface area contributed by atoms with Crippen LogP contribution in [0.3, 0.4) is 0 Å². The molecule has 0 aliphatic heterocycles. The van der Waals surface area contributed by atoms with Gasteiger partial charge in [-0.15, -0.1) is 0 Å². The van der Waals surface area contributed by atoms with Crippen molar-refractivity contribution in [1.82, 2.24) is 4.90 Å². The molecule has 110 valence electrons. The largest absolute Gasteiger partial charge is 0.368 e. The number of hydrogen-bond donors (Lipinski definition) is 2. The highest BCUT2D eigenvalue weighted by Crippen LogP contribution is 2.25. The van der Waals surface area contributed by atoms with Crippen LogP contribution in [0.1, 0.15) is 46.0 Å². The smallest absolute Gasteiger partial charge is 0.237 e. The molecule has 1 rings (SSSR count). The fraction of sp³-hybridized carbons (Fsp3) is 0.857. The maximum absolute atomic E-state index is 12.6. The molecule has 0 aromatic carbocycles. The van der Waals surface area contributed by atoms with Gasteiger partial charge in [-0.1, -0.05) is 26.7 Å². The molecule has 2 amide bonds. The number of carbonyl (C=O) groups excluding carboxylic acids is 2. The van der Waals surface area contributed by atoms with Crippen LogP contribution in [-0.2, 0) is 9.59 Å². The zero-order chi connectivity index (χ0) is 14.4. The highest BCUT2D eigenvalue weighted by atomic mass is 16.2. The SMILES string of the molecule is CC(C)CC(CN)C(=O)N(CC(N)=O)C1CCCC1. The zero-order valence-electron chi connectivity index (χ0n) is 12.1. The number of amides is 2. The lowest BCUT2D eigenvalue weighted by molar-refractivity contribution is -0.141. The minimum absolute atomic E-state index is 0.00176. The summed E-state index contributed by atoms with van der Waals surface area (Å²) in [4.78, 5) is 25.4. The van der Waals surface area contributed by atoms with Gasteiger partial charge in [0.05, 0.1) is 12.5 Å². The van der Waals surface area contributed by atoms with E-state index in [1.54, 1.807) is 4.90 Å². The number of carbonyl (C=O) groups is 2. The van der Waals surface area contributed by atoms with Crippen LogP contribution in [0.2, 0.25) is 0 Å². The molecule has 0 saturated heterocycles. The highest BCUT2D eigenvalue weighted by Gasteiger charge is 2.31. The molecular weight excluding hydrogens is 242 g/mol. The summed E-state index contributed by atoms with van der Waals surface area (Å²) in [5.74, 6) is -0.223. The summed E-state index contributed by atoms with van der Waals surface area (Å²) in [6.45, 7) is 4.50. The number of rotatable bonds is 7. The van der Waals surface area contributed by atoms with Crippen molar-refractivity contribution in [3.05, 3.63) is 0 Å². The lowest BCUT2D eigenvalue weighted by Crippen LogP contribution is -2.48. The van der Waals surface area contributed by atoms with Gasteiger partial charge in [-0.3, -0.25) is 9.59 Å². The molecule has 0 aromatic rings. The van der Waals surface area contributed by atoms with E-state index < -0.39 is 5.91 Å². The molecule has 0 bridgehead atoms. The Morgan fingerprint density at radius 1 is 1.26 bits per heavy atom. The molecule has 0 aromatic heterocycles. The molecule has 0 radical (unpaired) electrons. The number of nitrogens with two attached hydrogens (primary N) is 2. The topological polar surface area (TPSA) is 89.4 Å². The first-order valence-electron chi connectivity index (χ1n) is 7.24. The van der Waals surface area contributed by atoms with Gasteiger partial charge in [-0.2, -0.15) is 0 Å². The summed E-state index contributed by atoms with van der Waals surface area (Å²) in [6, 6.07) is 0.168. The van der Waals surface area contributed by atoms with Crippen molar-refractivity contribution < 1.29 is 9.59 Å². The monoisotopic (exact) mass is 269 g/mol. The summed E-state index contributed by atoms with van der Waals surface area (Å²) < 4.78 is 0. The van der Waals surface area contributed by atoms with E-state index >= 15 is 0 Å². The summed E-state index contributed by atoms with van der Waals surface area (Å²) in [5, 5.41) is 0. The van der Waals surface area contributed by atoms with Crippen LogP contribution < -0.4 is 11.5 Å². The van der Waals surface area contributed by atoms with Crippen LogP contribution in [0.5, 0.6) is 0 Å². The van der Waals surface area contributed by atoms with E-state index in [9.17, 15) is 9.59 Å². The molecule has 4 N–H and O–H groups in total. The Morgan fingerprint density at radius 3 is 2.26 bits per heavy atom. The van der Waals surface area contributed by atoms with Crippen LogP contribution in [0.15, 0.2) is 0 Å². The zero-order valence-corrected chi connectivity index (χ0v) is 12.1. The Bertz CT molecular complexity index is 312. The van der Waals surface area contributed by atoms with Crippen molar-refractivity contribution >= 4 is 11.8 Å². The summed E-state index contributed by atoms with van der Waals surface area (Å²) in [5.41, 5.74) is 11.0. The molecule has 19 heavy (non-hydrogen) atoms. The van der Waals surface area contributed by atoms with E-state index in [1.807, 2.05) is 0 Å². The second kappa shape index (κ2) is 7.48. The van der Waals surface area contributed by atoms with Crippen LogP contribution >= 0.6 is 0 Å². The predicted octanol–water partition coefficient (Wildman–Crippen LogP) is 0.864. The van der Waals surface area contributed by atoms with E-state index in [0.717, 1.165) is 32.1 Å². The molecule has 1 unspecified atom stereocenters. The number of nitrogens with zero attached hydrogens (tertiary/aromatic N) is 1. The Morgan fingerprint density at radius 2 is 1.84 bits per heavy atom. The maximum Gasteiger partial charge on any atom is 0.237 e. The van der Waals surface area contributed by atoms with Crippen molar-refractivity contribution in [2.24, 2.45) is 23.3 Å². The van der Waals surface area contributed by atoms with Gasteiger partial charge in [0.15, 0.2) is 0 Å². The summed E-state index contributed by atoms with van der Waals surface area (Å²) >= 11 is 0. The molecule has 1 atom stereocenters. The Kier molecular flexibility index (Phi) is 6.28. The summed E-state index contributed by atoms with van der Waals surface area (Å²) in [6.07, 6.45) is 4.93. The van der Waals surface area contributed by atoms with Crippen molar-refractivity contribution in [3.8, 4) is 0 Å². The molecule has 1 aliphatic carbocycles. The minimum Gasteiger partial charge on any atom is -0.368 e. The third-order valence-electron chi connectivity index (χ3n) is 3.76. The quantitative estimate of drug-likeness (QED) is 0.718. The van der Waals surface area contributed by atoms with Gasteiger partial charge in [-0.25, -0.2) is 0 Å². The van der Waals surface area contributed by atoms with Crippen LogP contribution in [0.4, 0.5) is 0 Å². The average molecular weight is 269 g/mol. The van der Waals surface area contributed by atoms with Gasteiger partial charge in [0.25, 0.3) is 0 Å². The van der Waals surface area contributed by atoms with E-state index in [1.165, 1.54) is 0 Å². The standard InChI is InChI=1S/C14H27N3O2/c1-10(2)7-11(8-15)14(19)17(9-13(16)18)12-5-3-4-6-12/h10-12H,3-9,15H2,1-2H3,(H2,16,18). The Hall–Kier alpha value is -1.10. The van der Waals surface area contributed by atoms with Crippen molar-refractivity contribution in [1.29, 1.82) is 0 Å². The van der Waals surface area contributed by atoms with E-state index in [2.05, 4.69) is 13.8 Å². The average Bonchev–Trinajstić information content (AvgIpc) is 2.85. The molecule has 1 saturated carbocycles. The third kappa shape index (κ3) is 4.82. The Labute approximate surface area is 115 Å². The molecule has 1 aliphatic rings. The lowest BCUT2D eigenvalue weighted by Gasteiger charge is -2.31. The van der Waals surface area contributed by atoms with Crippen molar-refractivity contribution in [3.63, 3.8) is 0 Å². The third-order valence-corrected chi connectivity index (χ3v) is 3.76. The fourth-order valence-electron chi connectivity index (χ4n) is 2.87. The van der Waals surface area contributed by atoms with Gasteiger partial charge in [0.1, 0.15) is 0 Å². The maximum atomic E-state index is 12.6. The summed E-state index contributed by atoms with van der Waals surface area (Å²) in [7, 11) is 0. The van der Waals surface area contributed by atoms with Crippen molar-refractivity contribution in [2.45, 2.75) is 52.0 Å². The molecule has 0 spiro atoms. The molecular formula is C14H27N3O2. The Balaban J connectivity index is 2.76. The normalized spacial score (nSPS) is 17.7. The van der Waals surface area contributed by atoms with E-state index in [-0.39, 0.29) is 24.4 Å². The first kappa shape index (κ1) is 16.0. The van der Waals surface area contributed by atoms with Gasteiger partial charge in [-0.05, 0) is 25.2 Å². The first-order chi connectivity index (χ1) is 8.95. The second-order valence-electron chi connectivity index (χ2n) is 5.93. The van der Waals surface area contributed by atoms with Gasteiger partial charge >= 0.3 is 0 Å².